The van der Waals surface area contributed by atoms with Gasteiger partial charge in [-0.2, -0.15) is 0 Å². The number of carboxylic acids is 1. The zero-order valence-corrected chi connectivity index (χ0v) is 8.09. The number of carboxylic acid groups (broad SMARTS) is 1. The van der Waals surface area contributed by atoms with E-state index in [0.29, 0.717) is 0 Å². The van der Waals surface area contributed by atoms with E-state index in [9.17, 15) is 14.4 Å². The van der Waals surface area contributed by atoms with Gasteiger partial charge in [-0.1, -0.05) is 20.8 Å². The van der Waals surface area contributed by atoms with Crippen molar-refractivity contribution in [2.45, 2.75) is 33.6 Å². The third-order valence-corrected chi connectivity index (χ3v) is 1.32. The van der Waals surface area contributed by atoms with Gasteiger partial charge in [0.1, 0.15) is 5.78 Å². The predicted molar refractivity (Wildman–Crippen MR) is 56.3 cm³/mol. The summed E-state index contributed by atoms with van der Waals surface area (Å²) in [5.41, 5.74) is -0.199. The van der Waals surface area contributed by atoms with Crippen LogP contribution in [-0.4, -0.2) is 48.5 Å². The second kappa shape index (κ2) is 6.22. The number of carbonyl (C=O) groups is 3. The average molecular weight is 304 g/mol. The summed E-state index contributed by atoms with van der Waals surface area (Å²) < 4.78 is 0. The van der Waals surface area contributed by atoms with Crippen molar-refractivity contribution in [2.24, 2.45) is 5.41 Å². The third-order valence-electron chi connectivity index (χ3n) is 1.32. The first-order valence-corrected chi connectivity index (χ1v) is 4.00. The standard InChI is InChI=1S/C9H14O4.In.3H/c1-9(2,3)5-6(10)4-7(11)8(12)13;;;;/h4-5H2,1-3H3,(H,12,13);;;;. The van der Waals surface area contributed by atoms with E-state index < -0.39 is 18.2 Å². The van der Waals surface area contributed by atoms with Crippen LogP contribution >= 0.6 is 0 Å². The molecule has 0 aliphatic rings. The summed E-state index contributed by atoms with van der Waals surface area (Å²) in [5.74, 6) is -2.89. The first kappa shape index (κ1) is 16.1. The Hall–Kier alpha value is -0.320. The van der Waals surface area contributed by atoms with Gasteiger partial charge in [-0.05, 0) is 5.41 Å². The molecule has 0 atom stereocenters. The normalized spacial score (nSPS) is 10.2. The van der Waals surface area contributed by atoms with Crippen LogP contribution in [0.2, 0.25) is 0 Å². The van der Waals surface area contributed by atoms with Crippen LogP contribution in [0.5, 0.6) is 0 Å². The Labute approximate surface area is 102 Å². The maximum atomic E-state index is 11.1. The Balaban J connectivity index is 0. The van der Waals surface area contributed by atoms with Gasteiger partial charge < -0.3 is 5.11 Å². The van der Waals surface area contributed by atoms with Gasteiger partial charge in [0.05, 0.1) is 6.42 Å². The van der Waals surface area contributed by atoms with Gasteiger partial charge in [0.2, 0.25) is 5.78 Å². The van der Waals surface area contributed by atoms with Crippen LogP contribution in [-0.2, 0) is 14.4 Å². The number of hydrogen-bond donors (Lipinski definition) is 1. The molecule has 0 saturated carbocycles. The van der Waals surface area contributed by atoms with E-state index in [0.717, 1.165) is 0 Å². The van der Waals surface area contributed by atoms with E-state index in [2.05, 4.69) is 0 Å². The summed E-state index contributed by atoms with van der Waals surface area (Å²) in [5, 5.41) is 8.23. The fraction of sp³-hybridized carbons (Fsp3) is 0.667. The van der Waals surface area contributed by atoms with Gasteiger partial charge in [-0.15, -0.1) is 0 Å². The van der Waals surface area contributed by atoms with Gasteiger partial charge in [-0.3, -0.25) is 9.59 Å². The molecule has 0 unspecified atom stereocenters. The average Bonchev–Trinajstić information content (AvgIpc) is 1.81. The molecule has 14 heavy (non-hydrogen) atoms. The number of hydrogen-bond acceptors (Lipinski definition) is 3. The number of ketones is 2. The molecular weight excluding hydrogens is 287 g/mol. The molecule has 0 spiro atoms. The van der Waals surface area contributed by atoms with Crippen LogP contribution in [0.1, 0.15) is 33.6 Å². The van der Waals surface area contributed by atoms with Crippen LogP contribution in [0.3, 0.4) is 0 Å². The van der Waals surface area contributed by atoms with Crippen molar-refractivity contribution in [2.75, 3.05) is 0 Å². The van der Waals surface area contributed by atoms with Crippen molar-refractivity contribution >= 4 is 43.4 Å². The molecule has 4 nitrogen and oxygen atoms in total. The first-order valence-electron chi connectivity index (χ1n) is 4.00. The van der Waals surface area contributed by atoms with Crippen LogP contribution in [0, 0.1) is 5.41 Å². The zero-order chi connectivity index (χ0) is 10.6. The molecule has 5 heteroatoms. The van der Waals surface area contributed by atoms with Crippen LogP contribution in [0.15, 0.2) is 0 Å². The minimum atomic E-state index is -1.54. The third kappa shape index (κ3) is 8.29. The van der Waals surface area contributed by atoms with Crippen molar-refractivity contribution < 1.29 is 19.5 Å². The summed E-state index contributed by atoms with van der Waals surface area (Å²) >= 11 is 0. The Morgan fingerprint density at radius 3 is 1.86 bits per heavy atom. The molecule has 0 aromatic carbocycles. The molecule has 0 saturated heterocycles. The molecular formula is C9H17InO4. The number of carbonyl (C=O) groups excluding carboxylic acids is 2. The quantitative estimate of drug-likeness (QED) is 0.579. The second-order valence-electron chi connectivity index (χ2n) is 4.18. The van der Waals surface area contributed by atoms with Crippen molar-refractivity contribution in [3.05, 3.63) is 0 Å². The minimum absolute atomic E-state index is 0. The van der Waals surface area contributed by atoms with Crippen molar-refractivity contribution in [1.29, 1.82) is 0 Å². The fourth-order valence-electron chi connectivity index (χ4n) is 0.909. The summed E-state index contributed by atoms with van der Waals surface area (Å²) in [6, 6.07) is 0. The Bertz CT molecular complexity index is 240. The SMILES string of the molecule is CC(C)(C)CC(=O)CC(=O)C(=O)O.[InH3]. The van der Waals surface area contributed by atoms with Gasteiger partial charge in [0.25, 0.3) is 0 Å². The first-order chi connectivity index (χ1) is 5.72. The molecule has 0 fully saturated rings. The summed E-state index contributed by atoms with van der Waals surface area (Å²) in [6.07, 6.45) is -0.265. The number of Topliss-reactive ketones (excluding diaryl/α,β-unsaturated/α-hetero) is 2. The van der Waals surface area contributed by atoms with Crippen molar-refractivity contribution in [1.82, 2.24) is 0 Å². The van der Waals surface area contributed by atoms with E-state index in [-0.39, 0.29) is 43.5 Å². The molecule has 0 aliphatic heterocycles. The van der Waals surface area contributed by atoms with Gasteiger partial charge in [0.15, 0.2) is 0 Å². The van der Waals surface area contributed by atoms with Gasteiger partial charge in [0, 0.05) is 6.42 Å². The number of rotatable bonds is 4. The summed E-state index contributed by atoms with van der Waals surface area (Å²) in [4.78, 5) is 31.8. The van der Waals surface area contributed by atoms with E-state index in [1.54, 1.807) is 0 Å². The molecule has 0 rings (SSSR count). The molecule has 0 aliphatic carbocycles. The Morgan fingerprint density at radius 2 is 1.57 bits per heavy atom. The molecule has 0 radical (unpaired) electrons. The Kier molecular flexibility index (Phi) is 7.16. The van der Waals surface area contributed by atoms with E-state index in [1.165, 1.54) is 0 Å². The molecule has 0 amide bonds. The zero-order valence-electron chi connectivity index (χ0n) is 8.09. The monoisotopic (exact) mass is 304 g/mol. The van der Waals surface area contributed by atoms with E-state index in [1.807, 2.05) is 20.8 Å². The molecule has 0 bridgehead atoms. The predicted octanol–water partition coefficient (Wildman–Crippen LogP) is -0.148. The van der Waals surface area contributed by atoms with Crippen LogP contribution in [0.25, 0.3) is 0 Å². The van der Waals surface area contributed by atoms with E-state index in [4.69, 9.17) is 5.11 Å². The molecule has 0 aromatic rings. The molecule has 80 valence electrons. The molecule has 0 aromatic heterocycles. The second-order valence-corrected chi connectivity index (χ2v) is 4.18. The Morgan fingerprint density at radius 1 is 1.14 bits per heavy atom. The van der Waals surface area contributed by atoms with Crippen LogP contribution in [0.4, 0.5) is 0 Å². The van der Waals surface area contributed by atoms with Crippen LogP contribution < -0.4 is 0 Å². The molecule has 0 heterocycles. The summed E-state index contributed by atoms with van der Waals surface area (Å²) in [6.45, 7) is 5.57. The fourth-order valence-corrected chi connectivity index (χ4v) is 0.909. The number of aliphatic carboxylic acids is 1. The van der Waals surface area contributed by atoms with Crippen molar-refractivity contribution in [3.8, 4) is 0 Å². The topological polar surface area (TPSA) is 71.4 Å². The van der Waals surface area contributed by atoms with Crippen molar-refractivity contribution in [3.63, 3.8) is 0 Å². The van der Waals surface area contributed by atoms with Gasteiger partial charge >= 0.3 is 31.8 Å². The van der Waals surface area contributed by atoms with E-state index >= 15 is 0 Å². The molecule has 1 N–H and O–H groups in total. The summed E-state index contributed by atoms with van der Waals surface area (Å²) in [7, 11) is 0. The maximum absolute atomic E-state index is 11.1. The van der Waals surface area contributed by atoms with Gasteiger partial charge in [-0.25, -0.2) is 4.79 Å².